The normalized spacial score (nSPS) is 12.0. The van der Waals surface area contributed by atoms with E-state index in [1.54, 1.807) is 36.4 Å². The molecule has 1 amide bonds. The van der Waals surface area contributed by atoms with E-state index in [4.69, 9.17) is 4.74 Å². The Morgan fingerprint density at radius 1 is 0.958 bits per heavy atom. The summed E-state index contributed by atoms with van der Waals surface area (Å²) in [5.74, 6) is 1.40. The van der Waals surface area contributed by atoms with Crippen LogP contribution in [-0.4, -0.2) is 11.9 Å². The first-order valence-corrected chi connectivity index (χ1v) is 8.28. The first-order chi connectivity index (χ1) is 11.4. The maximum Gasteiger partial charge on any atom is 0.251 e. The molecule has 0 aliphatic heterocycles. The highest BCUT2D eigenvalue weighted by Gasteiger charge is 2.10. The third-order valence-corrected chi connectivity index (χ3v) is 3.72. The van der Waals surface area contributed by atoms with Crippen LogP contribution < -0.4 is 10.1 Å². The van der Waals surface area contributed by atoms with E-state index in [2.05, 4.69) is 19.2 Å². The van der Waals surface area contributed by atoms with Crippen molar-refractivity contribution in [1.82, 2.24) is 5.32 Å². The highest BCUT2D eigenvalue weighted by molar-refractivity contribution is 5.94. The molecule has 0 aromatic heterocycles. The summed E-state index contributed by atoms with van der Waals surface area (Å²) in [5, 5.41) is 3.01. The third-order valence-electron chi connectivity index (χ3n) is 3.72. The van der Waals surface area contributed by atoms with Crippen LogP contribution in [0, 0.1) is 11.7 Å². The largest absolute Gasteiger partial charge is 0.457 e. The van der Waals surface area contributed by atoms with Gasteiger partial charge in [0.2, 0.25) is 0 Å². The van der Waals surface area contributed by atoms with E-state index in [9.17, 15) is 9.18 Å². The summed E-state index contributed by atoms with van der Waals surface area (Å²) in [6.07, 6.45) is 2.06. The van der Waals surface area contributed by atoms with Crippen LogP contribution in [-0.2, 0) is 0 Å². The van der Waals surface area contributed by atoms with Gasteiger partial charge in [-0.3, -0.25) is 4.79 Å². The molecular formula is C20H24FNO2. The summed E-state index contributed by atoms with van der Waals surface area (Å²) < 4.78 is 18.5. The summed E-state index contributed by atoms with van der Waals surface area (Å²) in [6, 6.07) is 12.9. The minimum Gasteiger partial charge on any atom is -0.457 e. The van der Waals surface area contributed by atoms with E-state index < -0.39 is 0 Å². The number of hydrogen-bond acceptors (Lipinski definition) is 2. The molecule has 0 aliphatic rings. The third kappa shape index (κ3) is 5.69. The standard InChI is InChI=1S/C20H24FNO2/c1-14(2)4-5-15(3)22-20(23)16-6-10-18(11-7-16)24-19-12-8-17(21)9-13-19/h6-15H,4-5H2,1-3H3,(H,22,23)/t15-/m1/s1. The summed E-state index contributed by atoms with van der Waals surface area (Å²) in [4.78, 5) is 12.2. The molecule has 1 N–H and O–H groups in total. The Morgan fingerprint density at radius 2 is 1.50 bits per heavy atom. The molecule has 2 aromatic rings. The van der Waals surface area contributed by atoms with Crippen molar-refractivity contribution in [2.24, 2.45) is 5.92 Å². The molecule has 0 heterocycles. The smallest absolute Gasteiger partial charge is 0.251 e. The fourth-order valence-corrected chi connectivity index (χ4v) is 2.28. The number of hydrogen-bond donors (Lipinski definition) is 1. The van der Waals surface area contributed by atoms with E-state index in [1.807, 2.05) is 6.92 Å². The van der Waals surface area contributed by atoms with Crippen LogP contribution in [0.5, 0.6) is 11.5 Å². The van der Waals surface area contributed by atoms with Crippen LogP contribution in [0.3, 0.4) is 0 Å². The van der Waals surface area contributed by atoms with Gasteiger partial charge in [0, 0.05) is 11.6 Å². The zero-order chi connectivity index (χ0) is 17.5. The number of carbonyl (C=O) groups excluding carboxylic acids is 1. The molecule has 3 nitrogen and oxygen atoms in total. The average molecular weight is 329 g/mol. The van der Waals surface area contributed by atoms with Gasteiger partial charge in [0.15, 0.2) is 0 Å². The Kier molecular flexibility index (Phi) is 6.36. The van der Waals surface area contributed by atoms with Crippen LogP contribution in [0.1, 0.15) is 44.0 Å². The van der Waals surface area contributed by atoms with Crippen molar-refractivity contribution in [3.63, 3.8) is 0 Å². The van der Waals surface area contributed by atoms with Crippen LogP contribution in [0.25, 0.3) is 0 Å². The van der Waals surface area contributed by atoms with Gasteiger partial charge in [-0.25, -0.2) is 4.39 Å². The fourth-order valence-electron chi connectivity index (χ4n) is 2.28. The Morgan fingerprint density at radius 3 is 2.04 bits per heavy atom. The van der Waals surface area contributed by atoms with Gasteiger partial charge in [-0.1, -0.05) is 13.8 Å². The number of ether oxygens (including phenoxy) is 1. The zero-order valence-corrected chi connectivity index (χ0v) is 14.4. The molecule has 0 fully saturated rings. The van der Waals surface area contributed by atoms with Gasteiger partial charge in [-0.2, -0.15) is 0 Å². The molecule has 24 heavy (non-hydrogen) atoms. The van der Waals surface area contributed by atoms with E-state index in [0.29, 0.717) is 23.0 Å². The molecule has 0 radical (unpaired) electrons. The van der Waals surface area contributed by atoms with Crippen molar-refractivity contribution < 1.29 is 13.9 Å². The molecule has 0 spiro atoms. The minimum absolute atomic E-state index is 0.0837. The first-order valence-electron chi connectivity index (χ1n) is 8.28. The number of nitrogens with one attached hydrogen (secondary N) is 1. The maximum atomic E-state index is 12.9. The first kappa shape index (κ1) is 18.0. The maximum absolute atomic E-state index is 12.9. The fraction of sp³-hybridized carbons (Fsp3) is 0.350. The minimum atomic E-state index is -0.305. The quantitative estimate of drug-likeness (QED) is 0.761. The second kappa shape index (κ2) is 8.48. The van der Waals surface area contributed by atoms with Gasteiger partial charge in [0.05, 0.1) is 0 Å². The predicted molar refractivity (Wildman–Crippen MR) is 93.9 cm³/mol. The molecule has 0 saturated heterocycles. The Labute approximate surface area is 142 Å². The highest BCUT2D eigenvalue weighted by Crippen LogP contribution is 2.22. The summed E-state index contributed by atoms with van der Waals surface area (Å²) >= 11 is 0. The van der Waals surface area contributed by atoms with Crippen molar-refractivity contribution in [3.05, 3.63) is 59.9 Å². The van der Waals surface area contributed by atoms with Gasteiger partial charge in [-0.05, 0) is 74.2 Å². The number of halogens is 1. The van der Waals surface area contributed by atoms with Gasteiger partial charge in [0.25, 0.3) is 5.91 Å². The molecule has 2 aromatic carbocycles. The molecule has 2 rings (SSSR count). The summed E-state index contributed by atoms with van der Waals surface area (Å²) in [5.41, 5.74) is 0.595. The van der Waals surface area contributed by atoms with Crippen molar-refractivity contribution in [2.45, 2.75) is 39.7 Å². The van der Waals surface area contributed by atoms with Gasteiger partial charge in [0.1, 0.15) is 17.3 Å². The second-order valence-corrected chi connectivity index (χ2v) is 6.43. The molecule has 0 saturated carbocycles. The van der Waals surface area contributed by atoms with Crippen LogP contribution in [0.2, 0.25) is 0 Å². The van der Waals surface area contributed by atoms with Crippen LogP contribution in [0.4, 0.5) is 4.39 Å². The van der Waals surface area contributed by atoms with Crippen molar-refractivity contribution in [2.75, 3.05) is 0 Å². The van der Waals surface area contributed by atoms with Crippen molar-refractivity contribution in [1.29, 1.82) is 0 Å². The van der Waals surface area contributed by atoms with E-state index in [-0.39, 0.29) is 17.8 Å². The lowest BCUT2D eigenvalue weighted by Gasteiger charge is -2.15. The van der Waals surface area contributed by atoms with Gasteiger partial charge in [-0.15, -0.1) is 0 Å². The second-order valence-electron chi connectivity index (χ2n) is 6.43. The van der Waals surface area contributed by atoms with E-state index in [1.165, 1.54) is 12.1 Å². The van der Waals surface area contributed by atoms with Gasteiger partial charge < -0.3 is 10.1 Å². The van der Waals surface area contributed by atoms with Gasteiger partial charge >= 0.3 is 0 Å². The number of benzene rings is 2. The Bertz CT molecular complexity index is 650. The summed E-state index contributed by atoms with van der Waals surface area (Å²) in [6.45, 7) is 6.37. The van der Waals surface area contributed by atoms with Crippen LogP contribution >= 0.6 is 0 Å². The van der Waals surface area contributed by atoms with Crippen molar-refractivity contribution >= 4 is 5.91 Å². The number of rotatable bonds is 7. The van der Waals surface area contributed by atoms with E-state index in [0.717, 1.165) is 12.8 Å². The molecular weight excluding hydrogens is 305 g/mol. The Balaban J connectivity index is 1.91. The number of amides is 1. The Hall–Kier alpha value is -2.36. The molecule has 1 atom stereocenters. The lowest BCUT2D eigenvalue weighted by Crippen LogP contribution is -2.32. The molecule has 0 unspecified atom stereocenters. The highest BCUT2D eigenvalue weighted by atomic mass is 19.1. The molecule has 0 bridgehead atoms. The molecule has 4 heteroatoms. The molecule has 0 aliphatic carbocycles. The lowest BCUT2D eigenvalue weighted by atomic mass is 10.0. The summed E-state index contributed by atoms with van der Waals surface area (Å²) in [7, 11) is 0. The molecule has 128 valence electrons. The topological polar surface area (TPSA) is 38.3 Å². The SMILES string of the molecule is CC(C)CC[C@@H](C)NC(=O)c1ccc(Oc2ccc(F)cc2)cc1. The van der Waals surface area contributed by atoms with Crippen molar-refractivity contribution in [3.8, 4) is 11.5 Å². The monoisotopic (exact) mass is 329 g/mol. The zero-order valence-electron chi connectivity index (χ0n) is 14.4. The average Bonchev–Trinajstić information content (AvgIpc) is 2.55. The predicted octanol–water partition coefficient (Wildman–Crippen LogP) is 5.17. The number of carbonyl (C=O) groups is 1. The lowest BCUT2D eigenvalue weighted by molar-refractivity contribution is 0.0937. The van der Waals surface area contributed by atoms with Crippen LogP contribution in [0.15, 0.2) is 48.5 Å². The van der Waals surface area contributed by atoms with E-state index >= 15 is 0 Å².